The molecule has 0 aliphatic heterocycles. The van der Waals surface area contributed by atoms with Crippen LogP contribution in [0.1, 0.15) is 0 Å². The van der Waals surface area contributed by atoms with Gasteiger partial charge in [0.25, 0.3) is 11.4 Å². The predicted molar refractivity (Wildman–Crippen MR) is 136 cm³/mol. The highest BCUT2D eigenvalue weighted by molar-refractivity contribution is 5.78. The predicted octanol–water partition coefficient (Wildman–Crippen LogP) is 6.15. The Labute approximate surface area is 217 Å². The van der Waals surface area contributed by atoms with Crippen molar-refractivity contribution in [2.24, 2.45) is 0 Å². The molecule has 0 aliphatic rings. The Balaban J connectivity index is 1.54. The van der Waals surface area contributed by atoms with Crippen LogP contribution in [0.2, 0.25) is 0 Å². The van der Waals surface area contributed by atoms with E-state index in [4.69, 9.17) is 15.2 Å². The number of nitrogen functional groups attached to an aromatic ring is 1. The molecule has 196 valence electrons. The molecule has 4 aromatic carbocycles. The van der Waals surface area contributed by atoms with E-state index in [0.29, 0.717) is 11.1 Å². The maximum atomic E-state index is 11.3. The summed E-state index contributed by atoms with van der Waals surface area (Å²) >= 11 is 0. The Kier molecular flexibility index (Phi) is 6.97. The van der Waals surface area contributed by atoms with Crippen LogP contribution >= 0.6 is 0 Å². The van der Waals surface area contributed by atoms with Gasteiger partial charge in [0.15, 0.2) is 0 Å². The molecule has 0 unspecified atom stereocenters. The first-order chi connectivity index (χ1) is 18.5. The van der Waals surface area contributed by atoms with Crippen molar-refractivity contribution in [2.75, 3.05) is 5.73 Å². The molecule has 0 aliphatic carbocycles. The summed E-state index contributed by atoms with van der Waals surface area (Å²) in [6.07, 6.45) is 0. The molecular weight excluding hydrogens is 518 g/mol. The number of ether oxygens (including phenoxy) is 2. The summed E-state index contributed by atoms with van der Waals surface area (Å²) in [5.74, 6) is -0.0161. The molecule has 0 spiro atoms. The lowest BCUT2D eigenvalue weighted by Crippen LogP contribution is -1.97. The van der Waals surface area contributed by atoms with E-state index >= 15 is 0 Å². The number of nitrogens with two attached hydrogens (primary N) is 1. The van der Waals surface area contributed by atoms with Crippen LogP contribution in [0.25, 0.3) is 11.1 Å². The van der Waals surface area contributed by atoms with Crippen molar-refractivity contribution in [3.63, 3.8) is 0 Å². The Morgan fingerprint density at radius 1 is 0.538 bits per heavy atom. The molecule has 0 fully saturated rings. The molecule has 0 heterocycles. The third-order valence-electron chi connectivity index (χ3n) is 5.34. The van der Waals surface area contributed by atoms with E-state index in [1.165, 1.54) is 24.3 Å². The highest BCUT2D eigenvalue weighted by Crippen LogP contribution is 2.38. The highest BCUT2D eigenvalue weighted by Gasteiger charge is 2.22. The van der Waals surface area contributed by atoms with Gasteiger partial charge in [0, 0.05) is 29.4 Å². The Hall–Kier alpha value is -6.12. The fraction of sp³-hybridized carbons (Fsp3) is 0. The van der Waals surface area contributed by atoms with Crippen molar-refractivity contribution >= 4 is 28.4 Å². The van der Waals surface area contributed by atoms with Crippen molar-refractivity contribution in [1.29, 1.82) is 0 Å². The minimum atomic E-state index is -0.797. The first-order valence-electron chi connectivity index (χ1n) is 10.7. The van der Waals surface area contributed by atoms with Gasteiger partial charge >= 0.3 is 11.4 Å². The summed E-state index contributed by atoms with van der Waals surface area (Å²) < 4.78 is 11.1. The molecule has 0 saturated heterocycles. The second-order valence-corrected chi connectivity index (χ2v) is 7.81. The molecule has 15 nitrogen and oxygen atoms in total. The van der Waals surface area contributed by atoms with Crippen LogP contribution in [0.15, 0.2) is 78.9 Å². The van der Waals surface area contributed by atoms with Gasteiger partial charge in [0.1, 0.15) is 11.5 Å². The van der Waals surface area contributed by atoms with Gasteiger partial charge in [-0.15, -0.1) is 0 Å². The first kappa shape index (κ1) is 26.0. The van der Waals surface area contributed by atoms with E-state index in [-0.39, 0.29) is 28.7 Å². The molecular formula is C24H15N5O10. The molecule has 0 aromatic heterocycles. The molecule has 0 amide bonds. The molecule has 0 atom stereocenters. The number of non-ortho nitro benzene ring substituents is 2. The zero-order chi connectivity index (χ0) is 28.3. The normalized spacial score (nSPS) is 10.5. The Bertz CT molecular complexity index is 1640. The maximum absolute atomic E-state index is 11.3. The first-order valence-corrected chi connectivity index (χ1v) is 10.7. The Morgan fingerprint density at radius 2 is 1.00 bits per heavy atom. The highest BCUT2D eigenvalue weighted by atomic mass is 16.6. The molecule has 0 radical (unpaired) electrons. The van der Waals surface area contributed by atoms with Crippen molar-refractivity contribution < 1.29 is 29.2 Å². The summed E-state index contributed by atoms with van der Waals surface area (Å²) in [5.41, 5.74) is 5.54. The zero-order valence-corrected chi connectivity index (χ0v) is 19.5. The van der Waals surface area contributed by atoms with Crippen molar-refractivity contribution in [2.45, 2.75) is 0 Å². The van der Waals surface area contributed by atoms with Gasteiger partial charge in [-0.25, -0.2) is 0 Å². The molecule has 0 bridgehead atoms. The molecule has 39 heavy (non-hydrogen) atoms. The van der Waals surface area contributed by atoms with Crippen LogP contribution in [0.4, 0.5) is 28.4 Å². The fourth-order valence-electron chi connectivity index (χ4n) is 3.52. The van der Waals surface area contributed by atoms with E-state index in [9.17, 15) is 40.5 Å². The number of nitro groups is 4. The second kappa shape index (κ2) is 10.5. The number of hydrogen-bond donors (Lipinski definition) is 1. The van der Waals surface area contributed by atoms with Crippen LogP contribution in [0.5, 0.6) is 23.0 Å². The van der Waals surface area contributed by atoms with Crippen LogP contribution < -0.4 is 15.2 Å². The van der Waals surface area contributed by atoms with E-state index in [2.05, 4.69) is 0 Å². The van der Waals surface area contributed by atoms with Crippen LogP contribution in [0.3, 0.4) is 0 Å². The van der Waals surface area contributed by atoms with E-state index in [1.807, 2.05) is 0 Å². The number of hydrogen-bond acceptors (Lipinski definition) is 11. The molecule has 0 saturated carbocycles. The van der Waals surface area contributed by atoms with E-state index < -0.39 is 42.4 Å². The summed E-state index contributed by atoms with van der Waals surface area (Å²) in [6.45, 7) is 0. The van der Waals surface area contributed by atoms with Crippen molar-refractivity contribution in [3.8, 4) is 34.1 Å². The minimum Gasteiger partial charge on any atom is -0.450 e. The van der Waals surface area contributed by atoms with Crippen LogP contribution in [-0.2, 0) is 0 Å². The lowest BCUT2D eigenvalue weighted by molar-refractivity contribution is -0.394. The fourth-order valence-corrected chi connectivity index (χ4v) is 3.52. The van der Waals surface area contributed by atoms with Gasteiger partial charge in [-0.1, -0.05) is 12.1 Å². The van der Waals surface area contributed by atoms with E-state index in [1.54, 1.807) is 18.2 Å². The molecule has 4 rings (SSSR count). The average Bonchev–Trinajstić information content (AvgIpc) is 2.89. The molecule has 4 aromatic rings. The van der Waals surface area contributed by atoms with Crippen molar-refractivity contribution in [1.82, 2.24) is 0 Å². The topological polar surface area (TPSA) is 217 Å². The number of nitro benzene ring substituents is 4. The van der Waals surface area contributed by atoms with Gasteiger partial charge in [-0.2, -0.15) is 0 Å². The van der Waals surface area contributed by atoms with Gasteiger partial charge in [-0.05, 0) is 42.0 Å². The third-order valence-corrected chi connectivity index (χ3v) is 5.34. The quantitative estimate of drug-likeness (QED) is 0.146. The van der Waals surface area contributed by atoms with Gasteiger partial charge < -0.3 is 15.2 Å². The second-order valence-electron chi connectivity index (χ2n) is 7.81. The monoisotopic (exact) mass is 533 g/mol. The van der Waals surface area contributed by atoms with Gasteiger partial charge in [0.05, 0.1) is 31.8 Å². The lowest BCUT2D eigenvalue weighted by atomic mass is 10.0. The molecule has 15 heteroatoms. The minimum absolute atomic E-state index is 0.152. The number of anilines is 1. The zero-order valence-electron chi connectivity index (χ0n) is 19.5. The van der Waals surface area contributed by atoms with Crippen LogP contribution in [0, 0.1) is 40.5 Å². The Morgan fingerprint density at radius 3 is 1.44 bits per heavy atom. The lowest BCUT2D eigenvalue weighted by Gasteiger charge is -2.11. The number of benzene rings is 4. The van der Waals surface area contributed by atoms with Crippen LogP contribution in [-0.4, -0.2) is 19.7 Å². The number of rotatable bonds is 9. The SMILES string of the molecule is Nc1cc(Oc2ccc([N+](=O)[O-])cc2[N+](=O)[O-])ccc1-c1ccc(Oc2ccc([N+](=O)[O-])cc2[N+](=O)[O-])cc1. The largest absolute Gasteiger partial charge is 0.450 e. The number of nitrogens with zero attached hydrogens (tertiary/aromatic N) is 4. The summed E-state index contributed by atoms with van der Waals surface area (Å²) in [4.78, 5) is 41.4. The maximum Gasteiger partial charge on any atom is 0.318 e. The third kappa shape index (κ3) is 5.67. The van der Waals surface area contributed by atoms with Crippen molar-refractivity contribution in [3.05, 3.63) is 119 Å². The summed E-state index contributed by atoms with van der Waals surface area (Å²) in [6, 6.07) is 16.8. The molecule has 2 N–H and O–H groups in total. The standard InChI is InChI=1S/C24H15N5O10/c25-20-13-18(39-24-10-4-16(27(32)33)12-22(24)29(36)37)7-8-19(20)14-1-5-17(6-2-14)38-23-9-3-15(26(30)31)11-21(23)28(34)35/h1-13H,25H2. The van der Waals surface area contributed by atoms with Gasteiger partial charge in [0.2, 0.25) is 11.5 Å². The summed E-state index contributed by atoms with van der Waals surface area (Å²) in [7, 11) is 0. The summed E-state index contributed by atoms with van der Waals surface area (Å²) in [5, 5.41) is 44.5. The van der Waals surface area contributed by atoms with Gasteiger partial charge in [-0.3, -0.25) is 40.5 Å². The smallest absolute Gasteiger partial charge is 0.318 e. The van der Waals surface area contributed by atoms with E-state index in [0.717, 1.165) is 36.4 Å². The average molecular weight is 533 g/mol.